The summed E-state index contributed by atoms with van der Waals surface area (Å²) in [5.41, 5.74) is 4.78. The lowest BCUT2D eigenvalue weighted by atomic mass is 9.85. The van der Waals surface area contributed by atoms with E-state index >= 15 is 0 Å². The van der Waals surface area contributed by atoms with Gasteiger partial charge in [-0.25, -0.2) is 0 Å². The number of hydrogen-bond acceptors (Lipinski definition) is 5. The topological polar surface area (TPSA) is 98.5 Å². The highest BCUT2D eigenvalue weighted by molar-refractivity contribution is 5.80. The lowest BCUT2D eigenvalue weighted by molar-refractivity contribution is -0.123. The third-order valence-electron chi connectivity index (χ3n) is 4.32. The van der Waals surface area contributed by atoms with E-state index in [1.807, 2.05) is 14.0 Å². The maximum atomic E-state index is 11.2. The minimum Gasteiger partial charge on any atom is -0.381 e. The van der Waals surface area contributed by atoms with Gasteiger partial charge in [0.25, 0.3) is 0 Å². The van der Waals surface area contributed by atoms with Crippen LogP contribution in [0.5, 0.6) is 0 Å². The molecule has 1 rings (SSSR count). The number of carbonyl (C=O) groups excluding carboxylic acids is 3. The zero-order valence-corrected chi connectivity index (χ0v) is 18.6. The molecule has 1 saturated carbocycles. The van der Waals surface area contributed by atoms with Crippen LogP contribution in [0.4, 0.5) is 0 Å². The van der Waals surface area contributed by atoms with E-state index in [0.717, 1.165) is 51.7 Å². The number of nitrogens with two attached hydrogens (primary N) is 1. The Morgan fingerprint density at radius 2 is 1.82 bits per heavy atom. The van der Waals surface area contributed by atoms with E-state index < -0.39 is 0 Å². The second-order valence-electron chi connectivity index (χ2n) is 7.61. The number of primary amides is 1. The molecule has 0 saturated heterocycles. The molecule has 1 aliphatic rings. The standard InChI is InChI=1S/C9H16O.C8H19NO.C5H9NO2/c1-2-9(10)8-6-4-3-5-7-8;1-8(2)7-10-6-4-5-9-3;6-5(8)3-1-2-4-7/h8H,2-7H2,1H3;8-9H,4-7H2,1-3H3;4H,1-3H2,(H2,6,8). The highest BCUT2D eigenvalue weighted by Crippen LogP contribution is 2.24. The molecule has 166 valence electrons. The molecule has 1 amide bonds. The molecule has 0 bridgehead atoms. The largest absolute Gasteiger partial charge is 0.381 e. The molecular formula is C22H44N2O4. The second-order valence-corrected chi connectivity index (χ2v) is 7.61. The molecule has 0 atom stereocenters. The minimum absolute atomic E-state index is 0.318. The van der Waals surface area contributed by atoms with E-state index in [1.165, 1.54) is 19.3 Å². The molecule has 6 heteroatoms. The van der Waals surface area contributed by atoms with Crippen molar-refractivity contribution in [2.24, 2.45) is 17.6 Å². The Kier molecular flexibility index (Phi) is 22.8. The summed E-state index contributed by atoms with van der Waals surface area (Å²) in [6, 6.07) is 0. The van der Waals surface area contributed by atoms with Crippen molar-refractivity contribution in [3.63, 3.8) is 0 Å². The molecule has 0 aliphatic heterocycles. The highest BCUT2D eigenvalue weighted by atomic mass is 16.5. The lowest BCUT2D eigenvalue weighted by Crippen LogP contribution is -2.16. The Morgan fingerprint density at radius 1 is 1.18 bits per heavy atom. The van der Waals surface area contributed by atoms with Crippen molar-refractivity contribution in [2.45, 2.75) is 85.0 Å². The SMILES string of the molecule is CCC(=O)C1CCCCC1.CNCCCOCC(C)C.NC(=O)CCCC=O. The first-order chi connectivity index (χ1) is 13.4. The summed E-state index contributed by atoms with van der Waals surface area (Å²) in [5.74, 6) is 1.24. The summed E-state index contributed by atoms with van der Waals surface area (Å²) in [5, 5.41) is 3.08. The van der Waals surface area contributed by atoms with Gasteiger partial charge in [-0.1, -0.05) is 40.0 Å². The van der Waals surface area contributed by atoms with Crippen molar-refractivity contribution in [1.29, 1.82) is 0 Å². The molecule has 1 fully saturated rings. The van der Waals surface area contributed by atoms with Gasteiger partial charge in [-0.2, -0.15) is 0 Å². The summed E-state index contributed by atoms with van der Waals surface area (Å²) >= 11 is 0. The summed E-state index contributed by atoms with van der Waals surface area (Å²) < 4.78 is 5.36. The van der Waals surface area contributed by atoms with E-state index in [-0.39, 0.29) is 5.91 Å². The Bertz CT molecular complexity index is 381. The fourth-order valence-corrected chi connectivity index (χ4v) is 2.74. The molecule has 0 aromatic carbocycles. The molecule has 0 heterocycles. The fraction of sp³-hybridized carbons (Fsp3) is 0.864. The molecule has 28 heavy (non-hydrogen) atoms. The molecule has 1 aliphatic carbocycles. The zero-order valence-electron chi connectivity index (χ0n) is 18.6. The van der Waals surface area contributed by atoms with Gasteiger partial charge in [0.2, 0.25) is 5.91 Å². The van der Waals surface area contributed by atoms with Crippen LogP contribution in [0.2, 0.25) is 0 Å². The first-order valence-electron chi connectivity index (χ1n) is 10.9. The Balaban J connectivity index is 0. The van der Waals surface area contributed by atoms with Gasteiger partial charge in [0.15, 0.2) is 0 Å². The second kappa shape index (κ2) is 22.0. The normalized spacial score (nSPS) is 13.8. The molecule has 6 nitrogen and oxygen atoms in total. The number of rotatable bonds is 12. The van der Waals surface area contributed by atoms with Crippen LogP contribution in [0.1, 0.15) is 85.0 Å². The summed E-state index contributed by atoms with van der Waals surface area (Å²) in [6.45, 7) is 9.13. The molecule has 0 unspecified atom stereocenters. The van der Waals surface area contributed by atoms with E-state index in [2.05, 4.69) is 19.2 Å². The van der Waals surface area contributed by atoms with Crippen LogP contribution in [0.15, 0.2) is 0 Å². The predicted octanol–water partition coefficient (Wildman–Crippen LogP) is 3.66. The Hall–Kier alpha value is -1.27. The number of amides is 1. The van der Waals surface area contributed by atoms with E-state index in [4.69, 9.17) is 10.5 Å². The van der Waals surface area contributed by atoms with Crippen LogP contribution >= 0.6 is 0 Å². The monoisotopic (exact) mass is 400 g/mol. The van der Waals surface area contributed by atoms with Crippen molar-refractivity contribution in [2.75, 3.05) is 26.8 Å². The van der Waals surface area contributed by atoms with Crippen LogP contribution in [0, 0.1) is 11.8 Å². The number of ether oxygens (including phenoxy) is 1. The zero-order chi connectivity index (χ0) is 21.6. The van der Waals surface area contributed by atoms with Gasteiger partial charge in [-0.15, -0.1) is 0 Å². The van der Waals surface area contributed by atoms with Crippen molar-refractivity contribution in [3.05, 3.63) is 0 Å². The number of carbonyl (C=O) groups is 3. The van der Waals surface area contributed by atoms with E-state index in [1.54, 1.807) is 0 Å². The number of Topliss-reactive ketones (excluding diaryl/α,β-unsaturated/α-hetero) is 1. The van der Waals surface area contributed by atoms with Crippen molar-refractivity contribution in [1.82, 2.24) is 5.32 Å². The van der Waals surface area contributed by atoms with Gasteiger partial charge >= 0.3 is 0 Å². The Labute approximate surface area is 172 Å². The van der Waals surface area contributed by atoms with Gasteiger partial charge in [0, 0.05) is 38.4 Å². The Morgan fingerprint density at radius 3 is 2.29 bits per heavy atom. The van der Waals surface area contributed by atoms with Gasteiger partial charge in [-0.3, -0.25) is 9.59 Å². The smallest absolute Gasteiger partial charge is 0.217 e. The average molecular weight is 401 g/mol. The van der Waals surface area contributed by atoms with Crippen LogP contribution in [-0.4, -0.2) is 44.8 Å². The number of aldehydes is 1. The molecule has 0 aromatic rings. The van der Waals surface area contributed by atoms with Crippen molar-refractivity contribution < 1.29 is 19.1 Å². The highest BCUT2D eigenvalue weighted by Gasteiger charge is 2.18. The van der Waals surface area contributed by atoms with Gasteiger partial charge in [0.1, 0.15) is 12.1 Å². The van der Waals surface area contributed by atoms with Crippen molar-refractivity contribution in [3.8, 4) is 0 Å². The van der Waals surface area contributed by atoms with Crippen LogP contribution in [0.25, 0.3) is 0 Å². The number of hydrogen-bond donors (Lipinski definition) is 2. The van der Waals surface area contributed by atoms with Gasteiger partial charge < -0.3 is 20.6 Å². The first-order valence-corrected chi connectivity index (χ1v) is 10.9. The third kappa shape index (κ3) is 22.8. The maximum absolute atomic E-state index is 11.2. The van der Waals surface area contributed by atoms with Crippen LogP contribution in [0.3, 0.4) is 0 Å². The molecule has 0 aromatic heterocycles. The summed E-state index contributed by atoms with van der Waals surface area (Å²) in [6.07, 6.45) is 10.2. The van der Waals surface area contributed by atoms with Crippen LogP contribution in [-0.2, 0) is 19.1 Å². The number of unbranched alkanes of at least 4 members (excludes halogenated alkanes) is 1. The lowest BCUT2D eigenvalue weighted by Gasteiger charge is -2.19. The molecule has 0 radical (unpaired) electrons. The third-order valence-corrected chi connectivity index (χ3v) is 4.32. The average Bonchev–Trinajstić information content (AvgIpc) is 2.68. The molecular weight excluding hydrogens is 356 g/mol. The quantitative estimate of drug-likeness (QED) is 0.385. The minimum atomic E-state index is -0.341. The predicted molar refractivity (Wildman–Crippen MR) is 115 cm³/mol. The van der Waals surface area contributed by atoms with E-state index in [9.17, 15) is 14.4 Å². The van der Waals surface area contributed by atoms with Gasteiger partial charge in [0.05, 0.1) is 0 Å². The van der Waals surface area contributed by atoms with Crippen LogP contribution < -0.4 is 11.1 Å². The molecule has 3 N–H and O–H groups in total. The van der Waals surface area contributed by atoms with Crippen molar-refractivity contribution >= 4 is 18.0 Å². The number of ketones is 1. The summed E-state index contributed by atoms with van der Waals surface area (Å²) in [7, 11) is 1.96. The number of nitrogens with one attached hydrogen (secondary N) is 1. The summed E-state index contributed by atoms with van der Waals surface area (Å²) in [4.78, 5) is 30.8. The molecule has 0 spiro atoms. The maximum Gasteiger partial charge on any atom is 0.217 e. The first kappa shape index (κ1) is 28.9. The van der Waals surface area contributed by atoms with Gasteiger partial charge in [-0.05, 0) is 45.2 Å². The van der Waals surface area contributed by atoms with E-state index in [0.29, 0.717) is 36.9 Å². The fourth-order valence-electron chi connectivity index (χ4n) is 2.74.